The molecule has 178 valence electrons. The van der Waals surface area contributed by atoms with Crippen LogP contribution in [0.1, 0.15) is 41.8 Å². The Morgan fingerprint density at radius 3 is 2.73 bits per heavy atom. The number of methoxy groups -OCH3 is 1. The summed E-state index contributed by atoms with van der Waals surface area (Å²) >= 11 is 0. The summed E-state index contributed by atoms with van der Waals surface area (Å²) in [6, 6.07) is 9.14. The summed E-state index contributed by atoms with van der Waals surface area (Å²) in [5.74, 6) is -0.493. The maximum absolute atomic E-state index is 13.2. The molecule has 9 heteroatoms. The molecule has 2 aromatic rings. The first-order valence-corrected chi connectivity index (χ1v) is 11.2. The lowest BCUT2D eigenvalue weighted by Crippen LogP contribution is -2.44. The van der Waals surface area contributed by atoms with Crippen molar-refractivity contribution in [1.82, 2.24) is 20.7 Å². The zero-order chi connectivity index (χ0) is 23.8. The molecule has 2 heterocycles. The van der Waals surface area contributed by atoms with Crippen molar-refractivity contribution in [2.24, 2.45) is 5.92 Å². The van der Waals surface area contributed by atoms with Crippen molar-refractivity contribution in [2.45, 2.75) is 38.6 Å². The number of hydrogen-bond donors (Lipinski definition) is 2. The number of rotatable bonds is 7. The Balaban J connectivity index is 1.69. The van der Waals surface area contributed by atoms with Gasteiger partial charge in [0.1, 0.15) is 17.0 Å². The first-order chi connectivity index (χ1) is 15.9. The number of nitrogens with one attached hydrogen (secondary N) is 2. The Morgan fingerprint density at radius 2 is 2.00 bits per heavy atom. The van der Waals surface area contributed by atoms with Gasteiger partial charge in [-0.25, -0.2) is 0 Å². The number of nitrogens with zero attached hydrogens (tertiary/aromatic N) is 2. The van der Waals surface area contributed by atoms with Crippen LogP contribution in [0.15, 0.2) is 34.9 Å². The molecule has 1 aromatic carbocycles. The molecule has 1 aliphatic rings. The molecule has 0 bridgehead atoms. The fraction of sp³-hybridized carbons (Fsp3) is 0.500. The van der Waals surface area contributed by atoms with E-state index in [1.165, 1.54) is 0 Å². The minimum absolute atomic E-state index is 0.117. The Labute approximate surface area is 193 Å². The second-order valence-corrected chi connectivity index (χ2v) is 8.39. The van der Waals surface area contributed by atoms with Crippen LogP contribution in [0.2, 0.25) is 0 Å². The molecular formula is C24H32N4O5. The van der Waals surface area contributed by atoms with Crippen molar-refractivity contribution >= 4 is 17.7 Å². The van der Waals surface area contributed by atoms with Gasteiger partial charge in [-0.15, -0.1) is 0 Å². The highest BCUT2D eigenvalue weighted by atomic mass is 16.5. The van der Waals surface area contributed by atoms with E-state index < -0.39 is 5.92 Å². The van der Waals surface area contributed by atoms with E-state index in [-0.39, 0.29) is 30.2 Å². The zero-order valence-corrected chi connectivity index (χ0v) is 19.4. The summed E-state index contributed by atoms with van der Waals surface area (Å²) in [6.45, 7) is 2.91. The van der Waals surface area contributed by atoms with Crippen LogP contribution in [-0.2, 0) is 14.3 Å². The third-order valence-corrected chi connectivity index (χ3v) is 5.89. The topological polar surface area (TPSA) is 114 Å². The molecule has 1 aromatic heterocycles. The molecule has 1 saturated heterocycles. The lowest BCUT2D eigenvalue weighted by Gasteiger charge is -2.24. The standard InChI is InChI=1S/C24H32N4O5/c1-16-21(22(27-33-16)17-8-5-4-6-9-17)24(31)26-19-11-7-10-18(14-20(29)28(2)15-19)23(30)25-12-13-32-3/h4-6,8-9,18-19H,7,10-15H2,1-3H3,(H,25,30)(H,26,31)/t18-,19-/m1/s1. The number of hydrogen-bond acceptors (Lipinski definition) is 6. The number of ether oxygens (including phenoxy) is 1. The first kappa shape index (κ1) is 24.4. The van der Waals surface area contributed by atoms with Crippen molar-refractivity contribution in [3.05, 3.63) is 41.7 Å². The van der Waals surface area contributed by atoms with Crippen LogP contribution >= 0.6 is 0 Å². The number of likely N-dealkylation sites (N-methyl/N-ethyl adjacent to an activating group) is 1. The van der Waals surface area contributed by atoms with Gasteiger partial charge in [0, 0.05) is 51.2 Å². The summed E-state index contributed by atoms with van der Waals surface area (Å²) in [6.07, 6.45) is 2.09. The Hall–Kier alpha value is -3.20. The molecular weight excluding hydrogens is 424 g/mol. The van der Waals surface area contributed by atoms with Gasteiger partial charge in [-0.3, -0.25) is 14.4 Å². The molecule has 2 atom stereocenters. The quantitative estimate of drug-likeness (QED) is 0.617. The van der Waals surface area contributed by atoms with Crippen LogP contribution in [0.4, 0.5) is 0 Å². The second kappa shape index (κ2) is 11.6. The summed E-state index contributed by atoms with van der Waals surface area (Å²) in [7, 11) is 3.27. The number of aromatic nitrogens is 1. The predicted molar refractivity (Wildman–Crippen MR) is 122 cm³/mol. The Kier molecular flexibility index (Phi) is 8.59. The van der Waals surface area contributed by atoms with Gasteiger partial charge < -0.3 is 24.8 Å². The maximum Gasteiger partial charge on any atom is 0.257 e. The SMILES string of the molecule is COCCNC(=O)[C@@H]1CCC[C@@H](NC(=O)c2c(-c3ccccc3)noc2C)CN(C)C(=O)C1. The number of carbonyl (C=O) groups excluding carboxylic acids is 3. The number of carbonyl (C=O) groups is 3. The van der Waals surface area contributed by atoms with Crippen molar-refractivity contribution in [3.63, 3.8) is 0 Å². The molecule has 0 radical (unpaired) electrons. The van der Waals surface area contributed by atoms with Gasteiger partial charge in [0.2, 0.25) is 11.8 Å². The van der Waals surface area contributed by atoms with Crippen LogP contribution in [0.5, 0.6) is 0 Å². The fourth-order valence-electron chi connectivity index (χ4n) is 4.06. The molecule has 0 saturated carbocycles. The van der Waals surface area contributed by atoms with Gasteiger partial charge in [0.25, 0.3) is 5.91 Å². The molecule has 2 N–H and O–H groups in total. The van der Waals surface area contributed by atoms with Crippen molar-refractivity contribution < 1.29 is 23.6 Å². The minimum Gasteiger partial charge on any atom is -0.383 e. The van der Waals surface area contributed by atoms with Gasteiger partial charge in [-0.05, 0) is 19.8 Å². The predicted octanol–water partition coefficient (Wildman–Crippen LogP) is 2.16. The van der Waals surface area contributed by atoms with E-state index in [4.69, 9.17) is 9.26 Å². The highest BCUT2D eigenvalue weighted by Crippen LogP contribution is 2.25. The average molecular weight is 457 g/mol. The smallest absolute Gasteiger partial charge is 0.257 e. The number of amides is 3. The monoisotopic (exact) mass is 456 g/mol. The largest absolute Gasteiger partial charge is 0.383 e. The van der Waals surface area contributed by atoms with Crippen LogP contribution < -0.4 is 10.6 Å². The lowest BCUT2D eigenvalue weighted by atomic mass is 9.96. The molecule has 3 amide bonds. The van der Waals surface area contributed by atoms with E-state index in [1.54, 1.807) is 26.0 Å². The van der Waals surface area contributed by atoms with Crippen molar-refractivity contribution in [1.29, 1.82) is 0 Å². The summed E-state index contributed by atoms with van der Waals surface area (Å²) in [5, 5.41) is 9.96. The van der Waals surface area contributed by atoms with Crippen LogP contribution in [0, 0.1) is 12.8 Å². The van der Waals surface area contributed by atoms with Gasteiger partial charge in [-0.2, -0.15) is 0 Å². The summed E-state index contributed by atoms with van der Waals surface area (Å²) in [5.41, 5.74) is 1.68. The molecule has 3 rings (SSSR count). The molecule has 0 spiro atoms. The summed E-state index contributed by atoms with van der Waals surface area (Å²) < 4.78 is 10.3. The highest BCUT2D eigenvalue weighted by molar-refractivity contribution is 6.01. The fourth-order valence-corrected chi connectivity index (χ4v) is 4.06. The maximum atomic E-state index is 13.2. The van der Waals surface area contributed by atoms with Gasteiger partial charge in [0.15, 0.2) is 0 Å². The van der Waals surface area contributed by atoms with E-state index in [0.717, 1.165) is 5.56 Å². The van der Waals surface area contributed by atoms with E-state index in [2.05, 4.69) is 15.8 Å². The molecule has 0 unspecified atom stereocenters. The van der Waals surface area contributed by atoms with Crippen molar-refractivity contribution in [2.75, 3.05) is 33.9 Å². The zero-order valence-electron chi connectivity index (χ0n) is 19.4. The molecule has 1 fully saturated rings. The molecule has 33 heavy (non-hydrogen) atoms. The van der Waals surface area contributed by atoms with Gasteiger partial charge in [0.05, 0.1) is 6.61 Å². The third kappa shape index (κ3) is 6.41. The van der Waals surface area contributed by atoms with E-state index >= 15 is 0 Å². The van der Waals surface area contributed by atoms with Crippen molar-refractivity contribution in [3.8, 4) is 11.3 Å². The van der Waals surface area contributed by atoms with E-state index in [9.17, 15) is 14.4 Å². The average Bonchev–Trinajstić information content (AvgIpc) is 3.21. The van der Waals surface area contributed by atoms with E-state index in [1.807, 2.05) is 30.3 Å². The lowest BCUT2D eigenvalue weighted by molar-refractivity contribution is -0.135. The second-order valence-electron chi connectivity index (χ2n) is 8.39. The third-order valence-electron chi connectivity index (χ3n) is 5.89. The number of benzene rings is 1. The first-order valence-electron chi connectivity index (χ1n) is 11.2. The minimum atomic E-state index is -0.392. The molecule has 9 nitrogen and oxygen atoms in total. The Morgan fingerprint density at radius 1 is 1.24 bits per heavy atom. The Bertz CT molecular complexity index is 959. The highest BCUT2D eigenvalue weighted by Gasteiger charge is 2.29. The number of aryl methyl sites for hydroxylation is 1. The van der Waals surface area contributed by atoms with Gasteiger partial charge in [-0.1, -0.05) is 41.9 Å². The summed E-state index contributed by atoms with van der Waals surface area (Å²) in [4.78, 5) is 40.0. The molecule has 0 aliphatic carbocycles. The van der Waals surface area contributed by atoms with Gasteiger partial charge >= 0.3 is 0 Å². The van der Waals surface area contributed by atoms with E-state index in [0.29, 0.717) is 56.0 Å². The van der Waals surface area contributed by atoms with Crippen LogP contribution in [-0.4, -0.2) is 67.7 Å². The normalized spacial score (nSPS) is 19.4. The molecule has 1 aliphatic heterocycles. The van der Waals surface area contributed by atoms with Crippen LogP contribution in [0.25, 0.3) is 11.3 Å². The van der Waals surface area contributed by atoms with Crippen LogP contribution in [0.3, 0.4) is 0 Å².